The van der Waals surface area contributed by atoms with Gasteiger partial charge in [-0.05, 0) is 30.3 Å². The molecule has 0 aliphatic rings. The van der Waals surface area contributed by atoms with Gasteiger partial charge in [0, 0.05) is 11.2 Å². The Labute approximate surface area is 144 Å². The van der Waals surface area contributed by atoms with E-state index in [1.54, 1.807) is 18.3 Å². The third-order valence-electron chi connectivity index (χ3n) is 2.81. The van der Waals surface area contributed by atoms with Crippen LogP contribution >= 0.6 is 23.2 Å². The second-order valence-electron chi connectivity index (χ2n) is 4.66. The summed E-state index contributed by atoms with van der Waals surface area (Å²) in [5.74, 6) is -0.528. The number of hydrogen-bond donors (Lipinski definition) is 1. The maximum atomic E-state index is 12.1. The molecule has 9 heteroatoms. The predicted molar refractivity (Wildman–Crippen MR) is 91.5 cm³/mol. The Balaban J connectivity index is 2.27. The number of aromatic nitrogens is 1. The van der Waals surface area contributed by atoms with E-state index in [4.69, 9.17) is 23.2 Å². The first-order chi connectivity index (χ1) is 10.8. The number of hydrogen-bond acceptors (Lipinski definition) is 4. The number of rotatable bonds is 5. The minimum atomic E-state index is -3.73. The zero-order chi connectivity index (χ0) is 17.0. The van der Waals surface area contributed by atoms with Crippen LogP contribution in [0.3, 0.4) is 0 Å². The third kappa shape index (κ3) is 4.82. The monoisotopic (exact) mass is 373 g/mol. The summed E-state index contributed by atoms with van der Waals surface area (Å²) >= 11 is 11.9. The molecule has 6 nitrogen and oxygen atoms in total. The number of halogens is 2. The SMILES string of the molecule is CS(=O)(=O)N(CC(=O)Nc1cccnc1)c1cc(Cl)ccc1Cl. The summed E-state index contributed by atoms with van der Waals surface area (Å²) in [5.41, 5.74) is 0.603. The fourth-order valence-electron chi connectivity index (χ4n) is 1.83. The lowest BCUT2D eigenvalue weighted by Gasteiger charge is -2.23. The lowest BCUT2D eigenvalue weighted by atomic mass is 10.3. The first kappa shape index (κ1) is 17.5. The second-order valence-corrected chi connectivity index (χ2v) is 7.41. The van der Waals surface area contributed by atoms with E-state index < -0.39 is 22.5 Å². The summed E-state index contributed by atoms with van der Waals surface area (Å²) in [7, 11) is -3.73. The highest BCUT2D eigenvalue weighted by atomic mass is 35.5. The normalized spacial score (nSPS) is 11.1. The number of pyridine rings is 1. The van der Waals surface area contributed by atoms with Crippen LogP contribution in [0.2, 0.25) is 10.0 Å². The summed E-state index contributed by atoms with van der Waals surface area (Å²) < 4.78 is 24.9. The number of nitrogens with zero attached hydrogens (tertiary/aromatic N) is 2. The van der Waals surface area contributed by atoms with Crippen LogP contribution in [0.1, 0.15) is 0 Å². The molecule has 122 valence electrons. The molecule has 0 spiro atoms. The van der Waals surface area contributed by atoms with Gasteiger partial charge in [0.15, 0.2) is 0 Å². The van der Waals surface area contributed by atoms with Crippen molar-refractivity contribution in [2.45, 2.75) is 0 Å². The second kappa shape index (κ2) is 7.16. The number of amides is 1. The van der Waals surface area contributed by atoms with E-state index in [2.05, 4.69) is 10.3 Å². The number of benzene rings is 1. The average molecular weight is 374 g/mol. The Morgan fingerprint density at radius 1 is 1.30 bits per heavy atom. The van der Waals surface area contributed by atoms with Crippen LogP contribution in [0.4, 0.5) is 11.4 Å². The fourth-order valence-corrected chi connectivity index (χ4v) is 3.12. The van der Waals surface area contributed by atoms with Crippen molar-refractivity contribution in [1.29, 1.82) is 0 Å². The van der Waals surface area contributed by atoms with Crippen LogP contribution in [0, 0.1) is 0 Å². The van der Waals surface area contributed by atoms with Crippen molar-refractivity contribution < 1.29 is 13.2 Å². The molecule has 0 bridgehead atoms. The number of carbonyl (C=O) groups excluding carboxylic acids is 1. The van der Waals surface area contributed by atoms with Crippen LogP contribution in [0.25, 0.3) is 0 Å². The highest BCUT2D eigenvalue weighted by molar-refractivity contribution is 7.92. The highest BCUT2D eigenvalue weighted by Gasteiger charge is 2.23. The minimum Gasteiger partial charge on any atom is -0.323 e. The van der Waals surface area contributed by atoms with Gasteiger partial charge in [-0.3, -0.25) is 14.1 Å². The lowest BCUT2D eigenvalue weighted by molar-refractivity contribution is -0.114. The molecule has 0 fully saturated rings. The van der Waals surface area contributed by atoms with Gasteiger partial charge in [-0.2, -0.15) is 0 Å². The molecule has 0 aliphatic carbocycles. The fraction of sp³-hybridized carbons (Fsp3) is 0.143. The predicted octanol–water partition coefficient (Wildman–Crippen LogP) is 2.79. The summed E-state index contributed by atoms with van der Waals surface area (Å²) in [6.07, 6.45) is 4.00. The Hall–Kier alpha value is -1.83. The molecule has 1 N–H and O–H groups in total. The van der Waals surface area contributed by atoms with Gasteiger partial charge in [0.2, 0.25) is 15.9 Å². The number of anilines is 2. The molecule has 0 aliphatic heterocycles. The van der Waals surface area contributed by atoms with Crippen molar-refractivity contribution in [3.63, 3.8) is 0 Å². The van der Waals surface area contributed by atoms with Crippen LogP contribution in [0.15, 0.2) is 42.7 Å². The van der Waals surface area contributed by atoms with Gasteiger partial charge < -0.3 is 5.32 Å². The van der Waals surface area contributed by atoms with Gasteiger partial charge in [-0.25, -0.2) is 8.42 Å². The summed E-state index contributed by atoms with van der Waals surface area (Å²) in [6, 6.07) is 7.68. The van der Waals surface area contributed by atoms with Gasteiger partial charge in [0.1, 0.15) is 6.54 Å². The van der Waals surface area contributed by atoms with E-state index in [1.165, 1.54) is 24.4 Å². The topological polar surface area (TPSA) is 79.4 Å². The highest BCUT2D eigenvalue weighted by Crippen LogP contribution is 2.30. The maximum absolute atomic E-state index is 12.1. The van der Waals surface area contributed by atoms with Crippen molar-refractivity contribution in [3.05, 3.63) is 52.8 Å². The smallest absolute Gasteiger partial charge is 0.245 e. The van der Waals surface area contributed by atoms with Gasteiger partial charge >= 0.3 is 0 Å². The molecule has 0 saturated heterocycles. The van der Waals surface area contributed by atoms with E-state index in [0.717, 1.165) is 10.6 Å². The molecule has 23 heavy (non-hydrogen) atoms. The zero-order valence-electron chi connectivity index (χ0n) is 12.0. The Morgan fingerprint density at radius 3 is 2.65 bits per heavy atom. The van der Waals surface area contributed by atoms with Crippen molar-refractivity contribution in [3.8, 4) is 0 Å². The molecular formula is C14H13Cl2N3O3S. The molecule has 0 unspecified atom stereocenters. The molecule has 1 aromatic carbocycles. The van der Waals surface area contributed by atoms with Crippen molar-refractivity contribution in [1.82, 2.24) is 4.98 Å². The van der Waals surface area contributed by atoms with E-state index >= 15 is 0 Å². The molecule has 1 heterocycles. The van der Waals surface area contributed by atoms with Gasteiger partial charge in [0.25, 0.3) is 0 Å². The molecule has 1 amide bonds. The summed E-state index contributed by atoms with van der Waals surface area (Å²) in [6.45, 7) is -0.437. The Morgan fingerprint density at radius 2 is 2.04 bits per heavy atom. The summed E-state index contributed by atoms with van der Waals surface area (Å²) in [4.78, 5) is 16.0. The van der Waals surface area contributed by atoms with Crippen molar-refractivity contribution >= 4 is 50.5 Å². The molecule has 0 radical (unpaired) electrons. The van der Waals surface area contributed by atoms with Crippen LogP contribution in [-0.2, 0) is 14.8 Å². The first-order valence-corrected chi connectivity index (χ1v) is 9.00. The minimum absolute atomic E-state index is 0.142. The molecule has 2 aromatic rings. The molecule has 2 rings (SSSR count). The van der Waals surface area contributed by atoms with Crippen molar-refractivity contribution in [2.24, 2.45) is 0 Å². The molecule has 1 aromatic heterocycles. The van der Waals surface area contributed by atoms with E-state index in [9.17, 15) is 13.2 Å². The largest absolute Gasteiger partial charge is 0.323 e. The standard InChI is InChI=1S/C14H13Cl2N3O3S/c1-23(21,22)19(13-7-10(15)4-5-12(13)16)9-14(20)18-11-3-2-6-17-8-11/h2-8H,9H2,1H3,(H,18,20). The Bertz CT molecular complexity index is 813. The maximum Gasteiger partial charge on any atom is 0.245 e. The van der Waals surface area contributed by atoms with E-state index in [-0.39, 0.29) is 10.7 Å². The van der Waals surface area contributed by atoms with Crippen LogP contribution in [0.5, 0.6) is 0 Å². The first-order valence-electron chi connectivity index (χ1n) is 6.40. The van der Waals surface area contributed by atoms with Gasteiger partial charge in [-0.15, -0.1) is 0 Å². The van der Waals surface area contributed by atoms with Crippen molar-refractivity contribution in [2.75, 3.05) is 22.4 Å². The number of nitrogens with one attached hydrogen (secondary N) is 1. The number of sulfonamides is 1. The summed E-state index contributed by atoms with van der Waals surface area (Å²) in [5, 5.41) is 3.05. The van der Waals surface area contributed by atoms with Gasteiger partial charge in [0.05, 0.1) is 28.9 Å². The van der Waals surface area contributed by atoms with Gasteiger partial charge in [-0.1, -0.05) is 23.2 Å². The Kier molecular flexibility index (Phi) is 5.46. The molecule has 0 atom stereocenters. The zero-order valence-corrected chi connectivity index (χ0v) is 14.4. The molecular weight excluding hydrogens is 361 g/mol. The third-order valence-corrected chi connectivity index (χ3v) is 4.49. The van der Waals surface area contributed by atoms with E-state index in [1.807, 2.05) is 0 Å². The van der Waals surface area contributed by atoms with E-state index in [0.29, 0.717) is 10.7 Å². The lowest BCUT2D eigenvalue weighted by Crippen LogP contribution is -2.37. The van der Waals surface area contributed by atoms with Crippen LogP contribution in [-0.4, -0.2) is 32.1 Å². The average Bonchev–Trinajstić information content (AvgIpc) is 2.47. The van der Waals surface area contributed by atoms with Crippen LogP contribution < -0.4 is 9.62 Å². The molecule has 0 saturated carbocycles. The quantitative estimate of drug-likeness (QED) is 0.873. The number of carbonyl (C=O) groups is 1.